The lowest BCUT2D eigenvalue weighted by Crippen LogP contribution is -2.38. The monoisotopic (exact) mass is 321 g/mol. The second-order valence-electron chi connectivity index (χ2n) is 4.64. The van der Waals surface area contributed by atoms with E-state index in [4.69, 9.17) is 18.9 Å². The van der Waals surface area contributed by atoms with Crippen LogP contribution in [0.4, 0.5) is 5.69 Å². The van der Waals surface area contributed by atoms with E-state index in [1.807, 2.05) is 6.92 Å². The summed E-state index contributed by atoms with van der Waals surface area (Å²) in [4.78, 5) is 25.6. The fraction of sp³-hybridized carbons (Fsp3) is 0.375. The molecule has 0 unspecified atom stereocenters. The van der Waals surface area contributed by atoms with E-state index in [9.17, 15) is 9.59 Å². The molecule has 0 amide bonds. The lowest BCUT2D eigenvalue weighted by molar-refractivity contribution is -0.140. The van der Waals surface area contributed by atoms with Crippen LogP contribution in [0.25, 0.3) is 0 Å². The normalized spacial score (nSPS) is 14.5. The molecule has 0 radical (unpaired) electrons. The quantitative estimate of drug-likeness (QED) is 0.760. The van der Waals surface area contributed by atoms with E-state index in [1.54, 1.807) is 29.2 Å². The Balaban J connectivity index is 2.42. The lowest BCUT2D eigenvalue weighted by Gasteiger charge is -2.31. The summed E-state index contributed by atoms with van der Waals surface area (Å²) in [5.74, 6) is -0.533. The average Bonchev–Trinajstić information content (AvgIpc) is 2.60. The Morgan fingerprint density at radius 2 is 1.78 bits per heavy atom. The van der Waals surface area contributed by atoms with Crippen LogP contribution >= 0.6 is 0 Å². The van der Waals surface area contributed by atoms with Gasteiger partial charge in [-0.25, -0.2) is 9.59 Å². The second kappa shape index (κ2) is 7.64. The molecule has 0 bridgehead atoms. The largest absolute Gasteiger partial charge is 0.494 e. The van der Waals surface area contributed by atoms with Crippen molar-refractivity contribution in [3.05, 3.63) is 35.5 Å². The Labute approximate surface area is 134 Å². The van der Waals surface area contributed by atoms with Gasteiger partial charge in [-0.05, 0) is 31.2 Å². The highest BCUT2D eigenvalue weighted by Crippen LogP contribution is 2.28. The molecule has 0 aliphatic carbocycles. The number of nitrogens with zero attached hydrogens (tertiary/aromatic N) is 1. The molecular weight excluding hydrogens is 302 g/mol. The fourth-order valence-electron chi connectivity index (χ4n) is 2.24. The maximum Gasteiger partial charge on any atom is 0.355 e. The first-order chi connectivity index (χ1) is 11.1. The number of carbonyl (C=O) groups is 2. The third-order valence-electron chi connectivity index (χ3n) is 3.29. The van der Waals surface area contributed by atoms with Gasteiger partial charge in [0.15, 0.2) is 0 Å². The fourth-order valence-corrected chi connectivity index (χ4v) is 2.24. The van der Waals surface area contributed by atoms with Gasteiger partial charge in [0.2, 0.25) is 0 Å². The molecule has 23 heavy (non-hydrogen) atoms. The SMILES string of the molecule is CCOc1ccc(N2COCC(C(=O)OC)=C2C(=O)OC)cc1. The first-order valence-corrected chi connectivity index (χ1v) is 7.10. The van der Waals surface area contributed by atoms with E-state index in [-0.39, 0.29) is 24.6 Å². The summed E-state index contributed by atoms with van der Waals surface area (Å²) in [6, 6.07) is 7.11. The van der Waals surface area contributed by atoms with Gasteiger partial charge in [0.1, 0.15) is 18.2 Å². The third-order valence-corrected chi connectivity index (χ3v) is 3.29. The topological polar surface area (TPSA) is 74.3 Å². The lowest BCUT2D eigenvalue weighted by atomic mass is 10.1. The number of rotatable bonds is 5. The molecular formula is C16H19NO6. The second-order valence-corrected chi connectivity index (χ2v) is 4.64. The number of carbonyl (C=O) groups excluding carboxylic acids is 2. The summed E-state index contributed by atoms with van der Waals surface area (Å²) >= 11 is 0. The van der Waals surface area contributed by atoms with Crippen molar-refractivity contribution in [1.82, 2.24) is 0 Å². The number of methoxy groups -OCH3 is 2. The van der Waals surface area contributed by atoms with Gasteiger partial charge >= 0.3 is 11.9 Å². The predicted octanol–water partition coefficient (Wildman–Crippen LogP) is 1.48. The van der Waals surface area contributed by atoms with Crippen LogP contribution in [-0.4, -0.2) is 46.1 Å². The van der Waals surface area contributed by atoms with Crippen LogP contribution in [0, 0.1) is 0 Å². The van der Waals surface area contributed by atoms with E-state index in [0.29, 0.717) is 18.0 Å². The van der Waals surface area contributed by atoms with Gasteiger partial charge in [0.25, 0.3) is 0 Å². The first kappa shape index (κ1) is 16.8. The van der Waals surface area contributed by atoms with Gasteiger partial charge in [-0.3, -0.25) is 0 Å². The molecule has 1 aromatic rings. The minimum Gasteiger partial charge on any atom is -0.494 e. The molecule has 1 aromatic carbocycles. The van der Waals surface area contributed by atoms with E-state index >= 15 is 0 Å². The molecule has 0 atom stereocenters. The van der Waals surface area contributed by atoms with Crippen LogP contribution in [0.3, 0.4) is 0 Å². The van der Waals surface area contributed by atoms with Gasteiger partial charge in [-0.2, -0.15) is 0 Å². The highest BCUT2D eigenvalue weighted by atomic mass is 16.5. The Morgan fingerprint density at radius 3 is 2.35 bits per heavy atom. The molecule has 0 fully saturated rings. The van der Waals surface area contributed by atoms with Gasteiger partial charge in [0, 0.05) is 5.69 Å². The zero-order valence-corrected chi connectivity index (χ0v) is 13.3. The van der Waals surface area contributed by atoms with Crippen LogP contribution in [0.5, 0.6) is 5.75 Å². The number of hydrogen-bond acceptors (Lipinski definition) is 7. The molecule has 7 heteroatoms. The van der Waals surface area contributed by atoms with E-state index in [0.717, 1.165) is 0 Å². The van der Waals surface area contributed by atoms with Crippen molar-refractivity contribution in [2.24, 2.45) is 0 Å². The number of anilines is 1. The molecule has 0 saturated heterocycles. The molecule has 124 valence electrons. The minimum absolute atomic E-state index is 0.00929. The summed E-state index contributed by atoms with van der Waals surface area (Å²) in [5, 5.41) is 0. The van der Waals surface area contributed by atoms with E-state index < -0.39 is 11.9 Å². The number of hydrogen-bond donors (Lipinski definition) is 0. The number of esters is 2. The smallest absolute Gasteiger partial charge is 0.355 e. The minimum atomic E-state index is -0.624. The van der Waals surface area contributed by atoms with Gasteiger partial charge < -0.3 is 23.8 Å². The molecule has 2 rings (SSSR count). The molecule has 0 spiro atoms. The van der Waals surface area contributed by atoms with Crippen molar-refractivity contribution in [2.75, 3.05) is 39.1 Å². The highest BCUT2D eigenvalue weighted by molar-refractivity contribution is 6.03. The number of benzene rings is 1. The molecule has 0 saturated carbocycles. The first-order valence-electron chi connectivity index (χ1n) is 7.10. The van der Waals surface area contributed by atoms with Crippen molar-refractivity contribution < 1.29 is 28.5 Å². The molecule has 1 aliphatic rings. The van der Waals surface area contributed by atoms with Crippen molar-refractivity contribution in [1.29, 1.82) is 0 Å². The Bertz CT molecular complexity index is 608. The zero-order valence-electron chi connectivity index (χ0n) is 13.3. The third kappa shape index (κ3) is 3.62. The standard InChI is InChI=1S/C16H19NO6/c1-4-23-12-7-5-11(6-8-12)17-10-22-9-13(15(18)20-2)14(17)16(19)21-3/h5-8H,4,9-10H2,1-3H3. The predicted molar refractivity (Wildman–Crippen MR) is 82.0 cm³/mol. The van der Waals surface area contributed by atoms with Crippen LogP contribution in [0.1, 0.15) is 6.92 Å². The van der Waals surface area contributed by atoms with Gasteiger partial charge in [-0.1, -0.05) is 0 Å². The molecule has 0 N–H and O–H groups in total. The molecule has 7 nitrogen and oxygen atoms in total. The van der Waals surface area contributed by atoms with Crippen LogP contribution in [-0.2, 0) is 23.8 Å². The summed E-state index contributed by atoms with van der Waals surface area (Å²) < 4.78 is 20.3. The summed E-state index contributed by atoms with van der Waals surface area (Å²) in [7, 11) is 2.51. The Kier molecular flexibility index (Phi) is 5.59. The molecule has 0 aromatic heterocycles. The van der Waals surface area contributed by atoms with Gasteiger partial charge in [0.05, 0.1) is 33.0 Å². The summed E-state index contributed by atoms with van der Waals surface area (Å²) in [6.45, 7) is 2.57. The maximum absolute atomic E-state index is 12.1. The van der Waals surface area contributed by atoms with E-state index in [1.165, 1.54) is 14.2 Å². The average molecular weight is 321 g/mol. The molecule has 1 aliphatic heterocycles. The summed E-state index contributed by atoms with van der Waals surface area (Å²) in [5.41, 5.74) is 0.921. The number of ether oxygens (including phenoxy) is 4. The Morgan fingerprint density at radius 1 is 1.13 bits per heavy atom. The van der Waals surface area contributed by atoms with Crippen molar-refractivity contribution in [3.8, 4) is 5.75 Å². The van der Waals surface area contributed by atoms with Crippen LogP contribution in [0.15, 0.2) is 35.5 Å². The summed E-state index contributed by atoms with van der Waals surface area (Å²) in [6.07, 6.45) is 0. The van der Waals surface area contributed by atoms with Crippen molar-refractivity contribution in [2.45, 2.75) is 6.92 Å². The zero-order chi connectivity index (χ0) is 16.8. The van der Waals surface area contributed by atoms with Crippen molar-refractivity contribution >= 4 is 17.6 Å². The maximum atomic E-state index is 12.1. The van der Waals surface area contributed by atoms with Crippen LogP contribution < -0.4 is 9.64 Å². The van der Waals surface area contributed by atoms with Gasteiger partial charge in [-0.15, -0.1) is 0 Å². The van der Waals surface area contributed by atoms with Crippen molar-refractivity contribution in [3.63, 3.8) is 0 Å². The molecule has 1 heterocycles. The highest BCUT2D eigenvalue weighted by Gasteiger charge is 2.32. The van der Waals surface area contributed by atoms with E-state index in [2.05, 4.69) is 0 Å². The Hall–Kier alpha value is -2.54. The van der Waals surface area contributed by atoms with Crippen LogP contribution in [0.2, 0.25) is 0 Å².